The molecular weight excluding hydrogens is 414 g/mol. The van der Waals surface area contributed by atoms with E-state index in [1.54, 1.807) is 30.3 Å². The van der Waals surface area contributed by atoms with Crippen LogP contribution in [0.4, 0.5) is 0 Å². The Hall–Kier alpha value is -0.430. The number of aliphatic hydroxyl groups is 1. The average Bonchev–Trinajstić information content (AvgIpc) is 2.52. The highest BCUT2D eigenvalue weighted by molar-refractivity contribution is 9.09. The van der Waals surface area contributed by atoms with Crippen molar-refractivity contribution in [3.05, 3.63) is 30.3 Å². The average molecular weight is 448 g/mol. The summed E-state index contributed by atoms with van der Waals surface area (Å²) in [5.74, 6) is 0.176. The van der Waals surface area contributed by atoms with Crippen molar-refractivity contribution in [2.45, 2.75) is 81.7 Å². The fraction of sp³-hybridized carbons (Fsp3) is 0.700. The summed E-state index contributed by atoms with van der Waals surface area (Å²) >= 11 is 3.55. The van der Waals surface area contributed by atoms with Crippen LogP contribution in [0.15, 0.2) is 35.2 Å². The minimum Gasteiger partial charge on any atom is -0.390 e. The fourth-order valence-electron chi connectivity index (χ4n) is 3.75. The van der Waals surface area contributed by atoms with Crippen molar-refractivity contribution in [3.8, 4) is 0 Å². The largest absolute Gasteiger partial charge is 0.390 e. The number of nitrogens with one attached hydrogen (secondary N) is 1. The summed E-state index contributed by atoms with van der Waals surface area (Å²) in [5, 5.41) is 11.1. The molecule has 0 amide bonds. The van der Waals surface area contributed by atoms with E-state index in [1.807, 2.05) is 13.8 Å². The first-order valence-corrected chi connectivity index (χ1v) is 11.8. The van der Waals surface area contributed by atoms with Gasteiger partial charge in [-0.15, -0.1) is 0 Å². The van der Waals surface area contributed by atoms with E-state index in [9.17, 15) is 13.5 Å². The highest BCUT2D eigenvalue weighted by Crippen LogP contribution is 2.33. The van der Waals surface area contributed by atoms with E-state index in [-0.39, 0.29) is 16.9 Å². The number of benzene rings is 1. The van der Waals surface area contributed by atoms with Gasteiger partial charge in [0.1, 0.15) is 0 Å². The number of sulfonamides is 1. The second-order valence-corrected chi connectivity index (χ2v) is 11.1. The molecule has 1 rings (SSSR count). The first kappa shape index (κ1) is 23.6. The van der Waals surface area contributed by atoms with Crippen molar-refractivity contribution in [3.63, 3.8) is 0 Å². The second-order valence-electron chi connectivity index (χ2n) is 7.87. The van der Waals surface area contributed by atoms with Gasteiger partial charge in [-0.25, -0.2) is 13.1 Å². The highest BCUT2D eigenvalue weighted by Gasteiger charge is 2.38. The maximum atomic E-state index is 12.9. The highest BCUT2D eigenvalue weighted by atomic mass is 79.9. The number of alkyl halides is 1. The molecule has 0 bridgehead atoms. The molecule has 0 aliphatic heterocycles. The minimum atomic E-state index is -3.63. The molecule has 1 aromatic carbocycles. The van der Waals surface area contributed by atoms with Crippen LogP contribution in [0.1, 0.15) is 60.3 Å². The normalized spacial score (nSPS) is 18.3. The molecule has 4 atom stereocenters. The summed E-state index contributed by atoms with van der Waals surface area (Å²) in [7, 11) is -3.63. The predicted molar refractivity (Wildman–Crippen MR) is 112 cm³/mol. The van der Waals surface area contributed by atoms with Crippen molar-refractivity contribution in [2.75, 3.05) is 0 Å². The first-order valence-electron chi connectivity index (χ1n) is 9.43. The SMILES string of the molecule is CC[C@@H](C(CCC(C)Br)NS(=O)(=O)c1ccccc1)[C@@](C)(O)CC(C)C. The molecule has 0 aliphatic rings. The molecule has 2 unspecified atom stereocenters. The van der Waals surface area contributed by atoms with Crippen molar-refractivity contribution < 1.29 is 13.5 Å². The van der Waals surface area contributed by atoms with Gasteiger partial charge in [-0.1, -0.05) is 61.8 Å². The van der Waals surface area contributed by atoms with E-state index in [0.717, 1.165) is 6.42 Å². The molecule has 6 heteroatoms. The lowest BCUT2D eigenvalue weighted by molar-refractivity contribution is -0.0335. The van der Waals surface area contributed by atoms with E-state index in [4.69, 9.17) is 0 Å². The summed E-state index contributed by atoms with van der Waals surface area (Å²) in [6.45, 7) is 10.1. The van der Waals surface area contributed by atoms with Crippen molar-refractivity contribution in [2.24, 2.45) is 11.8 Å². The number of hydrogen-bond donors (Lipinski definition) is 2. The summed E-state index contributed by atoms with van der Waals surface area (Å²) < 4.78 is 28.6. The van der Waals surface area contributed by atoms with E-state index >= 15 is 0 Å². The van der Waals surface area contributed by atoms with Gasteiger partial charge < -0.3 is 5.11 Å². The Morgan fingerprint density at radius 1 is 1.15 bits per heavy atom. The van der Waals surface area contributed by atoms with Gasteiger partial charge in [0.15, 0.2) is 0 Å². The lowest BCUT2D eigenvalue weighted by Gasteiger charge is -2.39. The minimum absolute atomic E-state index is 0.158. The van der Waals surface area contributed by atoms with Crippen LogP contribution in [0, 0.1) is 11.8 Å². The Kier molecular flexibility index (Phi) is 9.27. The van der Waals surface area contributed by atoms with Crippen molar-refractivity contribution in [1.29, 1.82) is 0 Å². The summed E-state index contributed by atoms with van der Waals surface area (Å²) in [6.07, 6.45) is 2.85. The zero-order valence-corrected chi connectivity index (χ0v) is 19.0. The van der Waals surface area contributed by atoms with Crippen LogP contribution in [0.3, 0.4) is 0 Å². The van der Waals surface area contributed by atoms with Crippen molar-refractivity contribution >= 4 is 26.0 Å². The Balaban J connectivity index is 3.13. The predicted octanol–water partition coefficient (Wildman–Crippen LogP) is 4.72. The summed E-state index contributed by atoms with van der Waals surface area (Å²) in [6, 6.07) is 8.11. The Morgan fingerprint density at radius 3 is 2.19 bits per heavy atom. The molecule has 0 saturated heterocycles. The van der Waals surface area contributed by atoms with Gasteiger partial charge in [-0.3, -0.25) is 0 Å². The third-order valence-electron chi connectivity index (χ3n) is 4.78. The molecule has 2 N–H and O–H groups in total. The zero-order valence-electron chi connectivity index (χ0n) is 16.6. The van der Waals surface area contributed by atoms with Crippen LogP contribution in [0.2, 0.25) is 0 Å². The number of rotatable bonds is 11. The maximum Gasteiger partial charge on any atom is 0.240 e. The van der Waals surface area contributed by atoms with Crippen LogP contribution in [0.25, 0.3) is 0 Å². The van der Waals surface area contributed by atoms with Crippen LogP contribution in [-0.4, -0.2) is 30.0 Å². The molecule has 0 heterocycles. The fourth-order valence-corrected chi connectivity index (χ4v) is 5.35. The lowest BCUT2D eigenvalue weighted by atomic mass is 9.76. The molecule has 0 saturated carbocycles. The van der Waals surface area contributed by atoms with E-state index in [1.165, 1.54) is 0 Å². The number of halogens is 1. The quantitative estimate of drug-likeness (QED) is 0.482. The Morgan fingerprint density at radius 2 is 1.73 bits per heavy atom. The Bertz CT molecular complexity index is 630. The molecule has 150 valence electrons. The van der Waals surface area contributed by atoms with Crippen molar-refractivity contribution in [1.82, 2.24) is 4.72 Å². The van der Waals surface area contributed by atoms with Gasteiger partial charge >= 0.3 is 0 Å². The standard InChI is InChI=1S/C20H34BrNO3S/c1-6-18(20(5,23)14-15(2)3)19(13-12-16(4)21)22-26(24,25)17-10-8-7-9-11-17/h7-11,15-16,18-19,22-23H,6,12-14H2,1-5H3/t16?,18-,19?,20-/m0/s1. The van der Waals surface area contributed by atoms with Gasteiger partial charge in [0.25, 0.3) is 0 Å². The number of hydrogen-bond acceptors (Lipinski definition) is 3. The molecule has 4 nitrogen and oxygen atoms in total. The lowest BCUT2D eigenvalue weighted by Crippen LogP contribution is -2.50. The topological polar surface area (TPSA) is 66.4 Å². The maximum absolute atomic E-state index is 12.9. The van der Waals surface area contributed by atoms with Gasteiger partial charge in [0, 0.05) is 16.8 Å². The van der Waals surface area contributed by atoms with Crippen LogP contribution in [0.5, 0.6) is 0 Å². The monoisotopic (exact) mass is 447 g/mol. The third kappa shape index (κ3) is 7.29. The summed E-state index contributed by atoms with van der Waals surface area (Å²) in [4.78, 5) is 0.550. The van der Waals surface area contributed by atoms with Gasteiger partial charge in [0.2, 0.25) is 10.0 Å². The van der Waals surface area contributed by atoms with Gasteiger partial charge in [-0.05, 0) is 50.7 Å². The van der Waals surface area contributed by atoms with Gasteiger partial charge in [-0.2, -0.15) is 0 Å². The summed E-state index contributed by atoms with van der Waals surface area (Å²) in [5.41, 5.74) is -0.928. The molecule has 0 fully saturated rings. The van der Waals surface area contributed by atoms with E-state index in [0.29, 0.717) is 30.0 Å². The van der Waals surface area contributed by atoms with Gasteiger partial charge in [0.05, 0.1) is 10.5 Å². The van der Waals surface area contributed by atoms with E-state index in [2.05, 4.69) is 41.4 Å². The van der Waals surface area contributed by atoms with Crippen LogP contribution in [-0.2, 0) is 10.0 Å². The molecule has 0 aliphatic carbocycles. The third-order valence-corrected chi connectivity index (χ3v) is 6.74. The molecule has 26 heavy (non-hydrogen) atoms. The van der Waals surface area contributed by atoms with Crippen LogP contribution >= 0.6 is 15.9 Å². The first-order chi connectivity index (χ1) is 12.0. The smallest absolute Gasteiger partial charge is 0.240 e. The van der Waals surface area contributed by atoms with Crippen LogP contribution < -0.4 is 4.72 Å². The molecule has 1 aromatic rings. The molecule has 0 spiro atoms. The molecular formula is C20H34BrNO3S. The van der Waals surface area contributed by atoms with E-state index < -0.39 is 15.6 Å². The molecule has 0 aromatic heterocycles. The second kappa shape index (κ2) is 10.2. The Labute approximate surface area is 168 Å². The zero-order chi connectivity index (χ0) is 20.0. The molecule has 0 radical (unpaired) electrons.